The first-order valence-corrected chi connectivity index (χ1v) is 5.01. The number of hydrogen-bond acceptors (Lipinski definition) is 3. The van der Waals surface area contributed by atoms with E-state index in [9.17, 15) is 0 Å². The van der Waals surface area contributed by atoms with Gasteiger partial charge in [-0.2, -0.15) is 0 Å². The molecule has 2 rings (SSSR count). The van der Waals surface area contributed by atoms with Gasteiger partial charge in [-0.15, -0.1) is 0 Å². The highest BCUT2D eigenvalue weighted by Gasteiger charge is 2.13. The molecule has 0 radical (unpaired) electrons. The van der Waals surface area contributed by atoms with Gasteiger partial charge in [0, 0.05) is 22.2 Å². The van der Waals surface area contributed by atoms with E-state index in [0.29, 0.717) is 10.6 Å². The van der Waals surface area contributed by atoms with Crippen LogP contribution in [0.5, 0.6) is 0 Å². The van der Waals surface area contributed by atoms with E-state index in [1.807, 2.05) is 18.2 Å². The third-order valence-electron chi connectivity index (χ3n) is 2.33. The highest BCUT2D eigenvalue weighted by Crippen LogP contribution is 2.28. The zero-order valence-corrected chi connectivity index (χ0v) is 8.78. The second-order valence-corrected chi connectivity index (χ2v) is 3.73. The summed E-state index contributed by atoms with van der Waals surface area (Å²) in [6, 6.07) is 6.96. The van der Waals surface area contributed by atoms with Crippen molar-refractivity contribution in [1.82, 2.24) is 4.98 Å². The summed E-state index contributed by atoms with van der Waals surface area (Å²) in [5.41, 5.74) is 7.25. The highest BCUT2D eigenvalue weighted by molar-refractivity contribution is 6.32. The van der Waals surface area contributed by atoms with Crippen LogP contribution in [0.25, 0.3) is 10.9 Å². The molecule has 0 unspecified atom stereocenters. The van der Waals surface area contributed by atoms with Crippen molar-refractivity contribution >= 4 is 22.5 Å². The van der Waals surface area contributed by atoms with Crippen molar-refractivity contribution in [3.05, 3.63) is 41.0 Å². The van der Waals surface area contributed by atoms with E-state index in [-0.39, 0.29) is 6.61 Å². The van der Waals surface area contributed by atoms with Gasteiger partial charge in [-0.05, 0) is 12.1 Å². The number of nitrogens with zero attached hydrogens (tertiary/aromatic N) is 1. The van der Waals surface area contributed by atoms with Crippen LogP contribution in [-0.4, -0.2) is 16.7 Å². The van der Waals surface area contributed by atoms with Gasteiger partial charge in [-0.3, -0.25) is 4.98 Å². The summed E-state index contributed by atoms with van der Waals surface area (Å²) in [5, 5.41) is 10.6. The second kappa shape index (κ2) is 4.14. The summed E-state index contributed by atoms with van der Waals surface area (Å²) in [6.45, 7) is -0.143. The normalized spacial score (nSPS) is 13.0. The molecule has 0 aliphatic carbocycles. The topological polar surface area (TPSA) is 59.1 Å². The summed E-state index contributed by atoms with van der Waals surface area (Å²) in [6.07, 6.45) is 1.69. The maximum absolute atomic E-state index is 9.06. The molecule has 1 aromatic heterocycles. The Morgan fingerprint density at radius 3 is 2.93 bits per heavy atom. The first-order valence-electron chi connectivity index (χ1n) is 4.63. The minimum atomic E-state index is -0.490. The van der Waals surface area contributed by atoms with Crippen molar-refractivity contribution in [2.45, 2.75) is 6.04 Å². The van der Waals surface area contributed by atoms with Crippen molar-refractivity contribution in [2.75, 3.05) is 6.61 Å². The first-order chi connectivity index (χ1) is 7.24. The van der Waals surface area contributed by atoms with Gasteiger partial charge in [0.2, 0.25) is 0 Å². The molecule has 1 heterocycles. The van der Waals surface area contributed by atoms with E-state index in [1.165, 1.54) is 0 Å². The Morgan fingerprint density at radius 2 is 2.20 bits per heavy atom. The fourth-order valence-electron chi connectivity index (χ4n) is 1.59. The number of hydrogen-bond donors (Lipinski definition) is 2. The summed E-state index contributed by atoms with van der Waals surface area (Å²) >= 11 is 6.05. The van der Waals surface area contributed by atoms with Crippen LogP contribution in [0.3, 0.4) is 0 Å². The number of aliphatic hydroxyl groups is 1. The Labute approximate surface area is 92.5 Å². The molecule has 0 saturated heterocycles. The van der Waals surface area contributed by atoms with Crippen LogP contribution in [0.1, 0.15) is 11.6 Å². The lowest BCUT2D eigenvalue weighted by Gasteiger charge is -2.13. The van der Waals surface area contributed by atoms with Gasteiger partial charge >= 0.3 is 0 Å². The molecular formula is C11H11ClN2O. The molecule has 0 bridgehead atoms. The predicted octanol–water partition coefficient (Wildman–Crippen LogP) is 1.88. The van der Waals surface area contributed by atoms with Crippen molar-refractivity contribution in [1.29, 1.82) is 0 Å². The summed E-state index contributed by atoms with van der Waals surface area (Å²) in [7, 11) is 0. The fourth-order valence-corrected chi connectivity index (χ4v) is 1.88. The van der Waals surface area contributed by atoms with Gasteiger partial charge in [-0.1, -0.05) is 23.7 Å². The molecule has 1 atom stereocenters. The Kier molecular flexibility index (Phi) is 2.86. The standard InChI is InChI=1S/C11H11ClN2O/c12-8-4-3-7-2-1-5-14-11(7)10(8)9(13)6-15/h1-5,9,15H,6,13H2/t9-/m1/s1. The van der Waals surface area contributed by atoms with E-state index in [1.54, 1.807) is 12.3 Å². The average molecular weight is 223 g/mol. The predicted molar refractivity (Wildman–Crippen MR) is 60.8 cm³/mol. The molecule has 0 aliphatic rings. The molecule has 3 N–H and O–H groups in total. The van der Waals surface area contributed by atoms with Crippen LogP contribution in [0.2, 0.25) is 5.02 Å². The van der Waals surface area contributed by atoms with E-state index in [2.05, 4.69) is 4.98 Å². The molecule has 3 nitrogen and oxygen atoms in total. The van der Waals surface area contributed by atoms with Crippen LogP contribution in [-0.2, 0) is 0 Å². The molecule has 1 aromatic carbocycles. The lowest BCUT2D eigenvalue weighted by atomic mass is 10.0. The van der Waals surface area contributed by atoms with Crippen LogP contribution in [0, 0.1) is 0 Å². The van der Waals surface area contributed by atoms with Crippen molar-refractivity contribution in [3.8, 4) is 0 Å². The molecule has 0 saturated carbocycles. The van der Waals surface area contributed by atoms with Crippen LogP contribution in [0.4, 0.5) is 0 Å². The minimum absolute atomic E-state index is 0.143. The zero-order chi connectivity index (χ0) is 10.8. The Bertz CT molecular complexity index is 487. The molecule has 2 aromatic rings. The Balaban J connectivity index is 2.74. The Morgan fingerprint density at radius 1 is 1.40 bits per heavy atom. The third kappa shape index (κ3) is 1.81. The first kappa shape index (κ1) is 10.4. The van der Waals surface area contributed by atoms with Crippen LogP contribution < -0.4 is 5.73 Å². The van der Waals surface area contributed by atoms with E-state index >= 15 is 0 Å². The Hall–Kier alpha value is -1.16. The number of aliphatic hydroxyl groups excluding tert-OH is 1. The highest BCUT2D eigenvalue weighted by atomic mass is 35.5. The molecule has 0 fully saturated rings. The van der Waals surface area contributed by atoms with E-state index in [0.717, 1.165) is 10.9 Å². The molecule has 4 heteroatoms. The van der Waals surface area contributed by atoms with Crippen LogP contribution in [0.15, 0.2) is 30.5 Å². The maximum Gasteiger partial charge on any atom is 0.0765 e. The monoisotopic (exact) mass is 222 g/mol. The van der Waals surface area contributed by atoms with Crippen molar-refractivity contribution in [2.24, 2.45) is 5.73 Å². The van der Waals surface area contributed by atoms with Gasteiger partial charge in [0.15, 0.2) is 0 Å². The van der Waals surface area contributed by atoms with Gasteiger partial charge in [0.1, 0.15) is 0 Å². The van der Waals surface area contributed by atoms with E-state index in [4.69, 9.17) is 22.4 Å². The third-order valence-corrected chi connectivity index (χ3v) is 2.66. The zero-order valence-electron chi connectivity index (χ0n) is 8.02. The smallest absolute Gasteiger partial charge is 0.0765 e. The van der Waals surface area contributed by atoms with Gasteiger partial charge in [0.25, 0.3) is 0 Å². The maximum atomic E-state index is 9.06. The quantitative estimate of drug-likeness (QED) is 0.816. The minimum Gasteiger partial charge on any atom is -0.394 e. The SMILES string of the molecule is N[C@H](CO)c1c(Cl)ccc2cccnc12. The molecular weight excluding hydrogens is 212 g/mol. The second-order valence-electron chi connectivity index (χ2n) is 3.33. The number of aromatic nitrogens is 1. The molecule has 0 amide bonds. The number of halogens is 1. The largest absolute Gasteiger partial charge is 0.394 e. The molecule has 0 spiro atoms. The number of rotatable bonds is 2. The molecule has 78 valence electrons. The lowest BCUT2D eigenvalue weighted by Crippen LogP contribution is -2.15. The van der Waals surface area contributed by atoms with Gasteiger partial charge < -0.3 is 10.8 Å². The number of pyridine rings is 1. The molecule has 0 aliphatic heterocycles. The number of fused-ring (bicyclic) bond motifs is 1. The van der Waals surface area contributed by atoms with Gasteiger partial charge in [-0.25, -0.2) is 0 Å². The van der Waals surface area contributed by atoms with Crippen molar-refractivity contribution < 1.29 is 5.11 Å². The summed E-state index contributed by atoms with van der Waals surface area (Å²) in [5.74, 6) is 0. The number of benzene rings is 1. The summed E-state index contributed by atoms with van der Waals surface area (Å²) in [4.78, 5) is 4.24. The lowest BCUT2D eigenvalue weighted by molar-refractivity contribution is 0.268. The average Bonchev–Trinajstić information content (AvgIpc) is 2.28. The van der Waals surface area contributed by atoms with Gasteiger partial charge in [0.05, 0.1) is 18.2 Å². The number of nitrogens with two attached hydrogens (primary N) is 1. The van der Waals surface area contributed by atoms with Crippen molar-refractivity contribution in [3.63, 3.8) is 0 Å². The van der Waals surface area contributed by atoms with Crippen LogP contribution >= 0.6 is 11.6 Å². The fraction of sp³-hybridized carbons (Fsp3) is 0.182. The molecule has 15 heavy (non-hydrogen) atoms. The van der Waals surface area contributed by atoms with E-state index < -0.39 is 6.04 Å². The summed E-state index contributed by atoms with van der Waals surface area (Å²) < 4.78 is 0.